The maximum atomic E-state index is 11.7. The molecule has 0 spiro atoms. The molecule has 2 heterocycles. The number of carbonyl (C=O) groups excluding carboxylic acids is 1. The van der Waals surface area contributed by atoms with Crippen LogP contribution in [0.3, 0.4) is 0 Å². The quantitative estimate of drug-likeness (QED) is 0.620. The third kappa shape index (κ3) is 2.22. The number of fused-ring (bicyclic) bond motifs is 1. The van der Waals surface area contributed by atoms with E-state index in [1.165, 1.54) is 13.4 Å². The van der Waals surface area contributed by atoms with Crippen molar-refractivity contribution < 1.29 is 9.53 Å². The number of esters is 1. The van der Waals surface area contributed by atoms with Gasteiger partial charge in [0.05, 0.1) is 19.1 Å². The molecule has 1 fully saturated rings. The van der Waals surface area contributed by atoms with E-state index in [2.05, 4.69) is 20.3 Å². The van der Waals surface area contributed by atoms with Crippen molar-refractivity contribution in [2.75, 3.05) is 7.11 Å². The highest BCUT2D eigenvalue weighted by atomic mass is 35.5. The molecule has 106 valence electrons. The van der Waals surface area contributed by atoms with Gasteiger partial charge in [-0.1, -0.05) is 23.2 Å². The Morgan fingerprint density at radius 3 is 3.10 bits per heavy atom. The molecule has 7 nitrogen and oxygen atoms in total. The second kappa shape index (κ2) is 5.32. The van der Waals surface area contributed by atoms with Crippen molar-refractivity contribution in [1.82, 2.24) is 25.0 Å². The van der Waals surface area contributed by atoms with E-state index in [9.17, 15) is 4.79 Å². The molecular weight excluding hydrogens is 282 g/mol. The molecule has 20 heavy (non-hydrogen) atoms. The van der Waals surface area contributed by atoms with Crippen molar-refractivity contribution in [2.45, 2.75) is 31.7 Å². The predicted octanol–water partition coefficient (Wildman–Crippen LogP) is 1.78. The van der Waals surface area contributed by atoms with Crippen LogP contribution in [0, 0.1) is 5.92 Å². The summed E-state index contributed by atoms with van der Waals surface area (Å²) in [6.07, 6.45) is 4.82. The van der Waals surface area contributed by atoms with E-state index < -0.39 is 0 Å². The van der Waals surface area contributed by atoms with Crippen molar-refractivity contribution in [1.29, 1.82) is 0 Å². The van der Waals surface area contributed by atoms with E-state index in [1.807, 2.05) is 0 Å². The van der Waals surface area contributed by atoms with Crippen molar-refractivity contribution >= 4 is 28.7 Å². The lowest BCUT2D eigenvalue weighted by atomic mass is 9.86. The minimum Gasteiger partial charge on any atom is -0.469 e. The average molecular weight is 296 g/mol. The first-order chi connectivity index (χ1) is 9.70. The van der Waals surface area contributed by atoms with Crippen LogP contribution in [-0.2, 0) is 9.53 Å². The van der Waals surface area contributed by atoms with E-state index in [-0.39, 0.29) is 17.9 Å². The van der Waals surface area contributed by atoms with Gasteiger partial charge in [-0.3, -0.25) is 4.79 Å². The molecule has 1 saturated carbocycles. The largest absolute Gasteiger partial charge is 0.469 e. The van der Waals surface area contributed by atoms with Crippen LogP contribution < -0.4 is 0 Å². The fourth-order valence-electron chi connectivity index (χ4n) is 2.75. The van der Waals surface area contributed by atoms with Gasteiger partial charge in [0, 0.05) is 0 Å². The topological polar surface area (TPSA) is 82.8 Å². The fourth-order valence-corrected chi connectivity index (χ4v) is 2.92. The maximum absolute atomic E-state index is 11.7. The lowest BCUT2D eigenvalue weighted by molar-refractivity contribution is -0.147. The Kier molecular flexibility index (Phi) is 3.52. The van der Waals surface area contributed by atoms with Gasteiger partial charge in [0.15, 0.2) is 16.3 Å². The standard InChI is InChI=1S/C12H14ClN5O2/c1-20-12(19)7-3-2-4-8(5-7)18-11-9(16-17-18)10(13)14-6-15-11/h6-8H,2-5H2,1H3. The van der Waals surface area contributed by atoms with Crippen molar-refractivity contribution in [3.63, 3.8) is 0 Å². The lowest BCUT2D eigenvalue weighted by Crippen LogP contribution is -2.26. The summed E-state index contributed by atoms with van der Waals surface area (Å²) in [5.41, 5.74) is 1.11. The number of carbonyl (C=O) groups is 1. The summed E-state index contributed by atoms with van der Waals surface area (Å²) in [4.78, 5) is 19.8. The second-order valence-electron chi connectivity index (χ2n) is 4.91. The number of hydrogen-bond acceptors (Lipinski definition) is 6. The van der Waals surface area contributed by atoms with E-state index in [4.69, 9.17) is 16.3 Å². The molecule has 0 amide bonds. The predicted molar refractivity (Wildman–Crippen MR) is 71.1 cm³/mol. The monoisotopic (exact) mass is 295 g/mol. The Hall–Kier alpha value is -1.76. The molecule has 3 rings (SSSR count). The van der Waals surface area contributed by atoms with Gasteiger partial charge in [-0.25, -0.2) is 14.6 Å². The van der Waals surface area contributed by atoms with Gasteiger partial charge in [0.2, 0.25) is 0 Å². The first kappa shape index (κ1) is 13.2. The maximum Gasteiger partial charge on any atom is 0.308 e. The molecule has 0 bridgehead atoms. The lowest BCUT2D eigenvalue weighted by Gasteiger charge is -2.27. The van der Waals surface area contributed by atoms with E-state index in [1.54, 1.807) is 4.68 Å². The highest BCUT2D eigenvalue weighted by Gasteiger charge is 2.30. The van der Waals surface area contributed by atoms with E-state index in [0.29, 0.717) is 22.7 Å². The number of aromatic nitrogens is 5. The Morgan fingerprint density at radius 1 is 1.45 bits per heavy atom. The molecule has 2 aromatic heterocycles. The zero-order chi connectivity index (χ0) is 14.1. The van der Waals surface area contributed by atoms with Crippen LogP contribution in [0.15, 0.2) is 6.33 Å². The molecule has 0 N–H and O–H groups in total. The van der Waals surface area contributed by atoms with Gasteiger partial charge < -0.3 is 4.74 Å². The minimum absolute atomic E-state index is 0.0869. The fraction of sp³-hybridized carbons (Fsp3) is 0.583. The molecule has 2 aromatic rings. The van der Waals surface area contributed by atoms with Gasteiger partial charge in [-0.2, -0.15) is 0 Å². The van der Waals surface area contributed by atoms with Crippen LogP contribution >= 0.6 is 11.6 Å². The number of methoxy groups -OCH3 is 1. The summed E-state index contributed by atoms with van der Waals surface area (Å²) in [7, 11) is 1.42. The van der Waals surface area contributed by atoms with Crippen LogP contribution in [0.5, 0.6) is 0 Å². The minimum atomic E-state index is -0.160. The van der Waals surface area contributed by atoms with Crippen LogP contribution in [-0.4, -0.2) is 38.0 Å². The molecule has 0 aliphatic heterocycles. The first-order valence-corrected chi connectivity index (χ1v) is 6.87. The Balaban J connectivity index is 1.91. The molecular formula is C12H14ClN5O2. The van der Waals surface area contributed by atoms with Crippen LogP contribution in [0.2, 0.25) is 5.15 Å². The average Bonchev–Trinajstić information content (AvgIpc) is 2.92. The molecule has 8 heteroatoms. The molecule has 1 aliphatic rings. The molecule has 0 aromatic carbocycles. The Morgan fingerprint density at radius 2 is 2.30 bits per heavy atom. The number of nitrogens with zero attached hydrogens (tertiary/aromatic N) is 5. The van der Waals surface area contributed by atoms with Crippen LogP contribution in [0.25, 0.3) is 11.2 Å². The molecule has 1 aliphatic carbocycles. The summed E-state index contributed by atoms with van der Waals surface area (Å²) in [5.74, 6) is -0.248. The molecule has 0 radical (unpaired) electrons. The van der Waals surface area contributed by atoms with E-state index >= 15 is 0 Å². The smallest absolute Gasteiger partial charge is 0.308 e. The third-order valence-electron chi connectivity index (χ3n) is 3.74. The summed E-state index contributed by atoms with van der Waals surface area (Å²) in [6, 6.07) is 0.0869. The number of halogens is 1. The van der Waals surface area contributed by atoms with Crippen molar-refractivity contribution in [2.24, 2.45) is 5.92 Å². The summed E-state index contributed by atoms with van der Waals surface area (Å²) in [6.45, 7) is 0. The van der Waals surface area contributed by atoms with Gasteiger partial charge in [-0.15, -0.1) is 5.10 Å². The second-order valence-corrected chi connectivity index (χ2v) is 5.27. The highest BCUT2D eigenvalue weighted by molar-refractivity contribution is 6.33. The molecule has 2 atom stereocenters. The highest BCUT2D eigenvalue weighted by Crippen LogP contribution is 2.34. The van der Waals surface area contributed by atoms with Crippen LogP contribution in [0.1, 0.15) is 31.7 Å². The Labute approximate surface area is 120 Å². The van der Waals surface area contributed by atoms with E-state index in [0.717, 1.165) is 19.3 Å². The number of ether oxygens (including phenoxy) is 1. The van der Waals surface area contributed by atoms with Gasteiger partial charge in [0.25, 0.3) is 0 Å². The van der Waals surface area contributed by atoms with Crippen molar-refractivity contribution in [3.8, 4) is 0 Å². The zero-order valence-corrected chi connectivity index (χ0v) is 11.7. The van der Waals surface area contributed by atoms with Gasteiger partial charge in [0.1, 0.15) is 6.33 Å². The normalized spacial score (nSPS) is 22.9. The van der Waals surface area contributed by atoms with Gasteiger partial charge >= 0.3 is 5.97 Å². The Bertz CT molecular complexity index is 644. The summed E-state index contributed by atoms with van der Waals surface area (Å²) < 4.78 is 6.58. The molecule has 0 saturated heterocycles. The summed E-state index contributed by atoms with van der Waals surface area (Å²) in [5, 5.41) is 8.44. The summed E-state index contributed by atoms with van der Waals surface area (Å²) >= 11 is 5.97. The number of rotatable bonds is 2. The van der Waals surface area contributed by atoms with Gasteiger partial charge in [-0.05, 0) is 19.3 Å². The van der Waals surface area contributed by atoms with Crippen LogP contribution in [0.4, 0.5) is 0 Å². The van der Waals surface area contributed by atoms with Crippen molar-refractivity contribution in [3.05, 3.63) is 11.5 Å². The molecule has 2 unspecified atom stereocenters. The third-order valence-corrected chi connectivity index (χ3v) is 4.02. The zero-order valence-electron chi connectivity index (χ0n) is 11.0. The SMILES string of the molecule is COC(=O)C1CCCC(n2nnc3c(Cl)ncnc32)C1. The number of hydrogen-bond donors (Lipinski definition) is 0. The first-order valence-electron chi connectivity index (χ1n) is 6.50.